The van der Waals surface area contributed by atoms with Crippen molar-refractivity contribution in [1.29, 1.82) is 0 Å². The van der Waals surface area contributed by atoms with Gasteiger partial charge in [-0.3, -0.25) is 9.59 Å². The summed E-state index contributed by atoms with van der Waals surface area (Å²) < 4.78 is 46.0. The number of fused-ring (bicyclic) bond motifs is 1. The summed E-state index contributed by atoms with van der Waals surface area (Å²) in [4.78, 5) is 22.5. The van der Waals surface area contributed by atoms with Crippen molar-refractivity contribution in [2.24, 2.45) is 0 Å². The smallest absolute Gasteiger partial charge is 0.298 e. The van der Waals surface area contributed by atoms with Gasteiger partial charge < -0.3 is 9.30 Å². The van der Waals surface area contributed by atoms with Crippen molar-refractivity contribution in [2.75, 3.05) is 0 Å². The maximum atomic E-state index is 13.6. The second kappa shape index (κ2) is 4.77. The van der Waals surface area contributed by atoms with Gasteiger partial charge in [0.1, 0.15) is 11.2 Å². The second-order valence-corrected chi connectivity index (χ2v) is 5.02. The molecule has 1 fully saturated rings. The molecule has 1 heterocycles. The van der Waals surface area contributed by atoms with Crippen LogP contribution >= 0.6 is 11.6 Å². The van der Waals surface area contributed by atoms with E-state index < -0.39 is 40.0 Å². The molecule has 8 heteroatoms. The number of alkyl halides is 1. The van der Waals surface area contributed by atoms with Crippen LogP contribution in [0, 0.1) is 11.6 Å². The van der Waals surface area contributed by atoms with Crippen LogP contribution in [0.5, 0.6) is 5.75 Å². The Balaban J connectivity index is 2.42. The molecule has 0 bridgehead atoms. The van der Waals surface area contributed by atoms with Crippen molar-refractivity contribution in [3.8, 4) is 5.75 Å². The highest BCUT2D eigenvalue weighted by molar-refractivity contribution is 6.35. The first-order chi connectivity index (χ1) is 9.95. The van der Waals surface area contributed by atoms with Gasteiger partial charge in [0.25, 0.3) is 6.47 Å². The molecule has 0 radical (unpaired) electrons. The molecule has 110 valence electrons. The molecule has 0 spiro atoms. The molecular weight excluding hydrogens is 311 g/mol. The van der Waals surface area contributed by atoms with Crippen LogP contribution in [0.25, 0.3) is 10.9 Å². The Morgan fingerprint density at radius 2 is 2.10 bits per heavy atom. The van der Waals surface area contributed by atoms with Gasteiger partial charge in [0.05, 0.1) is 23.1 Å². The number of benzene rings is 1. The Morgan fingerprint density at radius 1 is 1.43 bits per heavy atom. The molecule has 0 amide bonds. The summed E-state index contributed by atoms with van der Waals surface area (Å²) in [6, 6.07) is -0.00712. The van der Waals surface area contributed by atoms with Crippen LogP contribution in [0.1, 0.15) is 12.5 Å². The number of ether oxygens (including phenoxy) is 1. The zero-order valence-corrected chi connectivity index (χ0v) is 11.0. The minimum absolute atomic E-state index is 0.0220. The van der Waals surface area contributed by atoms with Crippen LogP contribution in [-0.4, -0.2) is 17.2 Å². The number of halogens is 4. The Kier molecular flexibility index (Phi) is 3.16. The van der Waals surface area contributed by atoms with Crippen molar-refractivity contribution >= 4 is 29.0 Å². The van der Waals surface area contributed by atoms with Crippen molar-refractivity contribution in [3.05, 3.63) is 39.1 Å². The van der Waals surface area contributed by atoms with E-state index in [1.54, 1.807) is 0 Å². The SMILES string of the molecule is O=COc1cn([C@@H]2C[C@@H]2F)c2c(Cl)c(F)c(F)cc2c1=O. The van der Waals surface area contributed by atoms with E-state index in [9.17, 15) is 22.8 Å². The predicted octanol–water partition coefficient (Wildman–Crippen LogP) is 2.75. The maximum absolute atomic E-state index is 13.6. The molecule has 0 unspecified atom stereocenters. The molecule has 1 saturated carbocycles. The lowest BCUT2D eigenvalue weighted by Gasteiger charge is -2.13. The molecule has 4 nitrogen and oxygen atoms in total. The van der Waals surface area contributed by atoms with Crippen LogP contribution in [0.3, 0.4) is 0 Å². The Bertz CT molecular complexity index is 821. The van der Waals surface area contributed by atoms with Crippen LogP contribution in [0.2, 0.25) is 5.02 Å². The number of nitrogens with zero attached hydrogens (tertiary/aromatic N) is 1. The third-order valence-corrected chi connectivity index (χ3v) is 3.68. The minimum Gasteiger partial charge on any atom is -0.423 e. The van der Waals surface area contributed by atoms with Crippen molar-refractivity contribution in [2.45, 2.75) is 18.6 Å². The van der Waals surface area contributed by atoms with E-state index in [-0.39, 0.29) is 23.8 Å². The highest BCUT2D eigenvalue weighted by Gasteiger charge is 2.40. The summed E-state index contributed by atoms with van der Waals surface area (Å²) in [6.45, 7) is 0.0220. The van der Waals surface area contributed by atoms with Gasteiger partial charge in [-0.25, -0.2) is 13.2 Å². The fourth-order valence-corrected chi connectivity index (χ4v) is 2.52. The Hall–Kier alpha value is -2.02. The van der Waals surface area contributed by atoms with Crippen molar-refractivity contribution in [3.63, 3.8) is 0 Å². The average Bonchev–Trinajstić information content (AvgIpc) is 3.17. The van der Waals surface area contributed by atoms with Crippen molar-refractivity contribution < 1.29 is 22.7 Å². The normalized spacial score (nSPS) is 20.6. The molecule has 1 aromatic carbocycles. The lowest BCUT2D eigenvalue weighted by atomic mass is 10.1. The summed E-state index contributed by atoms with van der Waals surface area (Å²) in [5, 5.41) is -0.892. The predicted molar refractivity (Wildman–Crippen MR) is 68.4 cm³/mol. The van der Waals surface area contributed by atoms with E-state index in [0.29, 0.717) is 6.07 Å². The lowest BCUT2D eigenvalue weighted by molar-refractivity contribution is -0.120. The fraction of sp³-hybridized carbons (Fsp3) is 0.231. The fourth-order valence-electron chi connectivity index (χ4n) is 2.23. The molecule has 0 N–H and O–H groups in total. The van der Waals surface area contributed by atoms with Gasteiger partial charge in [-0.2, -0.15) is 0 Å². The Morgan fingerprint density at radius 3 is 2.67 bits per heavy atom. The third kappa shape index (κ3) is 2.08. The number of pyridine rings is 1. The largest absolute Gasteiger partial charge is 0.423 e. The van der Waals surface area contributed by atoms with Gasteiger partial charge >= 0.3 is 0 Å². The second-order valence-electron chi connectivity index (χ2n) is 4.65. The lowest BCUT2D eigenvalue weighted by Crippen LogP contribution is -2.14. The van der Waals surface area contributed by atoms with Gasteiger partial charge in [-0.1, -0.05) is 11.6 Å². The summed E-state index contributed by atoms with van der Waals surface area (Å²) in [7, 11) is 0. The average molecular weight is 318 g/mol. The summed E-state index contributed by atoms with van der Waals surface area (Å²) in [6.07, 6.45) is 0.0318. The molecule has 1 aliphatic rings. The third-order valence-electron chi connectivity index (χ3n) is 3.33. The van der Waals surface area contributed by atoms with Gasteiger partial charge in [0.2, 0.25) is 5.43 Å². The first kappa shape index (κ1) is 13.9. The number of aromatic nitrogens is 1. The molecule has 0 saturated heterocycles. The van der Waals surface area contributed by atoms with E-state index in [1.165, 1.54) is 4.57 Å². The molecule has 1 aliphatic carbocycles. The van der Waals surface area contributed by atoms with E-state index in [1.807, 2.05) is 0 Å². The molecule has 2 aromatic rings. The zero-order chi connectivity index (χ0) is 15.3. The van der Waals surface area contributed by atoms with Crippen LogP contribution in [0.15, 0.2) is 17.1 Å². The number of hydrogen-bond acceptors (Lipinski definition) is 3. The number of hydrogen-bond donors (Lipinski definition) is 0. The Labute approximate surface area is 120 Å². The minimum atomic E-state index is -1.32. The monoisotopic (exact) mass is 317 g/mol. The molecule has 21 heavy (non-hydrogen) atoms. The van der Waals surface area contributed by atoms with Gasteiger partial charge in [0.15, 0.2) is 17.4 Å². The number of carbonyl (C=O) groups is 1. The maximum Gasteiger partial charge on any atom is 0.298 e. The van der Waals surface area contributed by atoms with Gasteiger partial charge in [-0.05, 0) is 6.07 Å². The van der Waals surface area contributed by atoms with Crippen molar-refractivity contribution in [1.82, 2.24) is 4.57 Å². The van der Waals surface area contributed by atoms with Crippen LogP contribution < -0.4 is 10.2 Å². The van der Waals surface area contributed by atoms with E-state index in [2.05, 4.69) is 4.74 Å². The first-order valence-corrected chi connectivity index (χ1v) is 6.30. The van der Waals surface area contributed by atoms with E-state index in [4.69, 9.17) is 11.6 Å². The van der Waals surface area contributed by atoms with Crippen LogP contribution in [0.4, 0.5) is 13.2 Å². The van der Waals surface area contributed by atoms with Crippen LogP contribution in [-0.2, 0) is 4.79 Å². The highest BCUT2D eigenvalue weighted by Crippen LogP contribution is 2.42. The summed E-state index contributed by atoms with van der Waals surface area (Å²) in [5.74, 6) is -3.04. The van der Waals surface area contributed by atoms with Gasteiger partial charge in [-0.15, -0.1) is 0 Å². The van der Waals surface area contributed by atoms with E-state index in [0.717, 1.165) is 6.20 Å². The molecular formula is C13H7ClF3NO3. The molecule has 2 atom stereocenters. The first-order valence-electron chi connectivity index (χ1n) is 5.92. The number of carbonyl (C=O) groups excluding carboxylic acids is 1. The van der Waals surface area contributed by atoms with Gasteiger partial charge in [0, 0.05) is 6.42 Å². The molecule has 1 aromatic heterocycles. The topological polar surface area (TPSA) is 48.3 Å². The highest BCUT2D eigenvalue weighted by atomic mass is 35.5. The molecule has 0 aliphatic heterocycles. The summed E-state index contributed by atoms with van der Waals surface area (Å²) in [5.41, 5.74) is -0.950. The summed E-state index contributed by atoms with van der Waals surface area (Å²) >= 11 is 5.75. The zero-order valence-electron chi connectivity index (χ0n) is 10.3. The molecule has 3 rings (SSSR count). The van der Waals surface area contributed by atoms with E-state index >= 15 is 0 Å². The standard InChI is InChI=1S/C13H7ClF3NO3/c14-10-11(17)7(16)1-5-12(10)18(8-2-6(8)15)3-9(13(5)20)21-4-19/h1,3-4,6,8H,2H2/t6-,8+/m0/s1. The number of rotatable bonds is 3. The quantitative estimate of drug-likeness (QED) is 0.646.